The number of carboxylic acids is 2. The number of carbonyl (C=O) groups is 2. The normalized spacial score (nSPS) is 15.3. The van der Waals surface area contributed by atoms with Gasteiger partial charge in [0.1, 0.15) is 0 Å². The van der Waals surface area contributed by atoms with Gasteiger partial charge in [-0.3, -0.25) is 9.59 Å². The third-order valence-corrected chi connectivity index (χ3v) is 3.23. The number of hydrogen-bond donors (Lipinski definition) is 2. The molecule has 4 heteroatoms. The van der Waals surface area contributed by atoms with Crippen molar-refractivity contribution in [3.63, 3.8) is 0 Å². The minimum absolute atomic E-state index is 0.355. The Kier molecular flexibility index (Phi) is 3.13. The maximum absolute atomic E-state index is 11.2. The monoisotopic (exact) mass is 234 g/mol. The van der Waals surface area contributed by atoms with Crippen LogP contribution in [0.2, 0.25) is 0 Å². The molecule has 0 saturated carbocycles. The van der Waals surface area contributed by atoms with E-state index in [9.17, 15) is 9.59 Å². The molecule has 0 spiro atoms. The molecule has 1 aromatic carbocycles. The lowest BCUT2D eigenvalue weighted by molar-refractivity contribution is -0.145. The summed E-state index contributed by atoms with van der Waals surface area (Å²) >= 11 is 0. The molecule has 1 aliphatic rings. The number of hydrogen-bond acceptors (Lipinski definition) is 2. The summed E-state index contributed by atoms with van der Waals surface area (Å²) in [6, 6.07) is 5.55. The van der Waals surface area contributed by atoms with Crippen LogP contribution in [0.1, 0.15) is 35.4 Å². The zero-order valence-electron chi connectivity index (χ0n) is 9.35. The first-order valence-corrected chi connectivity index (χ1v) is 5.65. The predicted molar refractivity (Wildman–Crippen MR) is 61.1 cm³/mol. The minimum atomic E-state index is -1.08. The molecule has 0 fully saturated rings. The summed E-state index contributed by atoms with van der Waals surface area (Å²) in [6.45, 7) is 0. The standard InChI is InChI=1S/C13H14O4/c14-12(15)7-11(13(16)17)10-6-2-4-8-3-1-5-9(8)10/h2,4,6,11H,1,3,5,7H2,(H,14,15)(H,16,17). The van der Waals surface area contributed by atoms with Gasteiger partial charge in [0.15, 0.2) is 0 Å². The third-order valence-electron chi connectivity index (χ3n) is 3.23. The molecule has 1 aliphatic carbocycles. The van der Waals surface area contributed by atoms with Crippen LogP contribution in [0.4, 0.5) is 0 Å². The van der Waals surface area contributed by atoms with Gasteiger partial charge in [-0.15, -0.1) is 0 Å². The maximum atomic E-state index is 11.2. The number of fused-ring (bicyclic) bond motifs is 1. The highest BCUT2D eigenvalue weighted by atomic mass is 16.4. The van der Waals surface area contributed by atoms with Crippen LogP contribution >= 0.6 is 0 Å². The van der Waals surface area contributed by atoms with Crippen LogP contribution in [-0.2, 0) is 22.4 Å². The minimum Gasteiger partial charge on any atom is -0.481 e. The highest BCUT2D eigenvalue weighted by Crippen LogP contribution is 2.31. The zero-order valence-corrected chi connectivity index (χ0v) is 9.35. The van der Waals surface area contributed by atoms with Crippen molar-refractivity contribution in [3.05, 3.63) is 34.9 Å². The van der Waals surface area contributed by atoms with E-state index in [0.717, 1.165) is 24.8 Å². The second kappa shape index (κ2) is 4.57. The first-order valence-electron chi connectivity index (χ1n) is 5.65. The summed E-state index contributed by atoms with van der Waals surface area (Å²) in [5.74, 6) is -3.07. The van der Waals surface area contributed by atoms with E-state index in [1.807, 2.05) is 12.1 Å². The second-order valence-corrected chi connectivity index (χ2v) is 4.33. The number of benzene rings is 1. The Morgan fingerprint density at radius 1 is 1.24 bits per heavy atom. The summed E-state index contributed by atoms with van der Waals surface area (Å²) in [5.41, 5.74) is 2.88. The lowest BCUT2D eigenvalue weighted by Crippen LogP contribution is -2.17. The maximum Gasteiger partial charge on any atom is 0.311 e. The van der Waals surface area contributed by atoms with Crippen molar-refractivity contribution in [2.75, 3.05) is 0 Å². The van der Waals surface area contributed by atoms with Crippen molar-refractivity contribution in [2.24, 2.45) is 0 Å². The van der Waals surface area contributed by atoms with Gasteiger partial charge in [-0.05, 0) is 36.0 Å². The van der Waals surface area contributed by atoms with E-state index in [4.69, 9.17) is 10.2 Å². The van der Waals surface area contributed by atoms with Crippen LogP contribution in [0.15, 0.2) is 18.2 Å². The SMILES string of the molecule is O=C(O)CC(C(=O)O)c1cccc2c1CCC2. The fraction of sp³-hybridized carbons (Fsp3) is 0.385. The molecule has 1 atom stereocenters. The number of aryl methyl sites for hydroxylation is 1. The topological polar surface area (TPSA) is 74.6 Å². The quantitative estimate of drug-likeness (QED) is 0.833. The Labute approximate surface area is 98.9 Å². The van der Waals surface area contributed by atoms with E-state index in [1.54, 1.807) is 6.07 Å². The molecular formula is C13H14O4. The molecule has 4 nitrogen and oxygen atoms in total. The average Bonchev–Trinajstić information content (AvgIpc) is 2.73. The summed E-state index contributed by atoms with van der Waals surface area (Å²) < 4.78 is 0. The van der Waals surface area contributed by atoms with Crippen molar-refractivity contribution in [3.8, 4) is 0 Å². The highest BCUT2D eigenvalue weighted by molar-refractivity contribution is 5.83. The molecule has 1 aromatic rings. The van der Waals surface area contributed by atoms with Gasteiger partial charge in [0.25, 0.3) is 0 Å². The van der Waals surface area contributed by atoms with Crippen LogP contribution in [0.3, 0.4) is 0 Å². The summed E-state index contributed by atoms with van der Waals surface area (Å²) in [5, 5.41) is 17.9. The van der Waals surface area contributed by atoms with Crippen LogP contribution in [0.25, 0.3) is 0 Å². The third kappa shape index (κ3) is 2.30. The van der Waals surface area contributed by atoms with E-state index in [0.29, 0.717) is 5.56 Å². The smallest absolute Gasteiger partial charge is 0.311 e. The Morgan fingerprint density at radius 2 is 2.00 bits per heavy atom. The Hall–Kier alpha value is -1.84. The van der Waals surface area contributed by atoms with Crippen LogP contribution < -0.4 is 0 Å². The lowest BCUT2D eigenvalue weighted by Gasteiger charge is -2.14. The molecule has 0 amide bonds. The summed E-state index contributed by atoms with van der Waals surface area (Å²) in [6.07, 6.45) is 2.48. The zero-order chi connectivity index (χ0) is 12.4. The van der Waals surface area contributed by atoms with Crippen LogP contribution in [0.5, 0.6) is 0 Å². The average molecular weight is 234 g/mol. The molecule has 0 aliphatic heterocycles. The Balaban J connectivity index is 2.40. The Bertz CT molecular complexity index is 464. The molecule has 2 N–H and O–H groups in total. The molecule has 0 aromatic heterocycles. The first-order chi connectivity index (χ1) is 8.09. The van der Waals surface area contributed by atoms with E-state index in [2.05, 4.69) is 0 Å². The van der Waals surface area contributed by atoms with E-state index >= 15 is 0 Å². The molecule has 2 rings (SSSR count). The fourth-order valence-electron chi connectivity index (χ4n) is 2.48. The molecule has 0 saturated heterocycles. The second-order valence-electron chi connectivity index (χ2n) is 4.33. The molecular weight excluding hydrogens is 220 g/mol. The van der Waals surface area contributed by atoms with Gasteiger partial charge in [-0.1, -0.05) is 18.2 Å². The summed E-state index contributed by atoms with van der Waals surface area (Å²) in [4.78, 5) is 21.9. The van der Waals surface area contributed by atoms with Crippen LogP contribution in [-0.4, -0.2) is 22.2 Å². The van der Waals surface area contributed by atoms with Crippen molar-refractivity contribution in [2.45, 2.75) is 31.6 Å². The Morgan fingerprint density at radius 3 is 2.65 bits per heavy atom. The lowest BCUT2D eigenvalue weighted by atomic mass is 9.90. The van der Waals surface area contributed by atoms with Crippen molar-refractivity contribution < 1.29 is 19.8 Å². The molecule has 90 valence electrons. The summed E-state index contributed by atoms with van der Waals surface area (Å²) in [7, 11) is 0. The van der Waals surface area contributed by atoms with Gasteiger partial charge in [0.05, 0.1) is 12.3 Å². The first kappa shape index (κ1) is 11.6. The van der Waals surface area contributed by atoms with Gasteiger partial charge in [0, 0.05) is 0 Å². The van der Waals surface area contributed by atoms with E-state index in [-0.39, 0.29) is 6.42 Å². The molecule has 0 radical (unpaired) electrons. The van der Waals surface area contributed by atoms with Crippen molar-refractivity contribution in [1.82, 2.24) is 0 Å². The molecule has 0 bridgehead atoms. The van der Waals surface area contributed by atoms with Crippen molar-refractivity contribution in [1.29, 1.82) is 0 Å². The van der Waals surface area contributed by atoms with Gasteiger partial charge in [-0.25, -0.2) is 0 Å². The van der Waals surface area contributed by atoms with Gasteiger partial charge < -0.3 is 10.2 Å². The van der Waals surface area contributed by atoms with Crippen molar-refractivity contribution >= 4 is 11.9 Å². The van der Waals surface area contributed by atoms with Gasteiger partial charge >= 0.3 is 11.9 Å². The molecule has 1 unspecified atom stereocenters. The number of rotatable bonds is 4. The van der Waals surface area contributed by atoms with Gasteiger partial charge in [-0.2, -0.15) is 0 Å². The van der Waals surface area contributed by atoms with Gasteiger partial charge in [0.2, 0.25) is 0 Å². The number of carboxylic acid groups (broad SMARTS) is 2. The highest BCUT2D eigenvalue weighted by Gasteiger charge is 2.27. The molecule has 0 heterocycles. The number of aliphatic carboxylic acids is 2. The van der Waals surface area contributed by atoms with Crippen LogP contribution in [0, 0.1) is 0 Å². The van der Waals surface area contributed by atoms with E-state index in [1.165, 1.54) is 5.56 Å². The fourth-order valence-corrected chi connectivity index (χ4v) is 2.48. The predicted octanol–water partition coefficient (Wildman–Crippen LogP) is 1.82. The molecule has 17 heavy (non-hydrogen) atoms. The largest absolute Gasteiger partial charge is 0.481 e. The van der Waals surface area contributed by atoms with E-state index < -0.39 is 17.9 Å².